The van der Waals surface area contributed by atoms with Crippen LogP contribution in [0.5, 0.6) is 0 Å². The second-order valence-electron chi connectivity index (χ2n) is 7.09. The maximum atomic E-state index is 14.5. The first-order valence-corrected chi connectivity index (χ1v) is 8.90. The minimum Gasteiger partial charge on any atom is -0.356 e. The number of hydrogen-bond donors (Lipinski definition) is 1. The number of benzene rings is 1. The molecule has 0 unspecified atom stereocenters. The molecule has 4 nitrogen and oxygen atoms in total. The van der Waals surface area contributed by atoms with Gasteiger partial charge in [0.15, 0.2) is 0 Å². The summed E-state index contributed by atoms with van der Waals surface area (Å²) < 4.78 is 16.4. The van der Waals surface area contributed by atoms with E-state index in [2.05, 4.69) is 10.3 Å². The fraction of sp³-hybridized carbons (Fsp3) is 0.333. The predicted molar refractivity (Wildman–Crippen MR) is 101 cm³/mol. The van der Waals surface area contributed by atoms with E-state index in [-0.39, 0.29) is 18.1 Å². The summed E-state index contributed by atoms with van der Waals surface area (Å²) in [6.07, 6.45) is 3.84. The van der Waals surface area contributed by atoms with Crippen LogP contribution in [0.4, 0.5) is 4.39 Å². The van der Waals surface area contributed by atoms with Crippen molar-refractivity contribution in [1.82, 2.24) is 14.7 Å². The molecule has 0 saturated carbocycles. The van der Waals surface area contributed by atoms with Crippen LogP contribution in [0.2, 0.25) is 0 Å². The highest BCUT2D eigenvalue weighted by Crippen LogP contribution is 2.30. The molecule has 0 saturated heterocycles. The molecule has 1 amide bonds. The zero-order valence-electron chi connectivity index (χ0n) is 15.4. The van der Waals surface area contributed by atoms with Gasteiger partial charge < -0.3 is 9.72 Å². The molecule has 0 spiro atoms. The largest absolute Gasteiger partial charge is 0.356 e. The molecule has 5 heteroatoms. The minimum atomic E-state index is -0.402. The molecule has 0 fully saturated rings. The Morgan fingerprint density at radius 3 is 2.77 bits per heavy atom. The van der Waals surface area contributed by atoms with Crippen LogP contribution in [-0.4, -0.2) is 21.8 Å². The summed E-state index contributed by atoms with van der Waals surface area (Å²) in [7, 11) is 0. The van der Waals surface area contributed by atoms with Crippen molar-refractivity contribution in [2.24, 2.45) is 5.92 Å². The highest BCUT2D eigenvalue weighted by molar-refractivity contribution is 5.77. The lowest BCUT2D eigenvalue weighted by Crippen LogP contribution is -2.29. The van der Waals surface area contributed by atoms with Crippen LogP contribution in [0.3, 0.4) is 0 Å². The Bertz CT molecular complexity index is 917. The van der Waals surface area contributed by atoms with Crippen molar-refractivity contribution in [3.05, 3.63) is 71.4 Å². The van der Waals surface area contributed by atoms with Crippen molar-refractivity contribution in [2.75, 3.05) is 6.54 Å². The van der Waals surface area contributed by atoms with Crippen molar-refractivity contribution < 1.29 is 9.18 Å². The third kappa shape index (κ3) is 3.93. The van der Waals surface area contributed by atoms with Crippen molar-refractivity contribution in [1.29, 1.82) is 0 Å². The second-order valence-corrected chi connectivity index (χ2v) is 7.09. The molecule has 3 aromatic rings. The number of carbonyl (C=O) groups is 1. The van der Waals surface area contributed by atoms with E-state index in [0.717, 1.165) is 16.9 Å². The van der Waals surface area contributed by atoms with Crippen molar-refractivity contribution >= 4 is 11.6 Å². The molecular formula is C21H24FN3O. The average Bonchev–Trinajstić information content (AvgIpc) is 3.01. The zero-order chi connectivity index (χ0) is 18.7. The van der Waals surface area contributed by atoms with E-state index in [0.29, 0.717) is 18.0 Å². The molecule has 2 aromatic heterocycles. The van der Waals surface area contributed by atoms with Crippen LogP contribution in [0.1, 0.15) is 43.0 Å². The molecule has 2 heterocycles. The van der Waals surface area contributed by atoms with Crippen LogP contribution >= 0.6 is 0 Å². The van der Waals surface area contributed by atoms with E-state index in [9.17, 15) is 9.18 Å². The number of carbonyl (C=O) groups excluding carboxylic acids is 1. The van der Waals surface area contributed by atoms with Gasteiger partial charge in [-0.05, 0) is 42.2 Å². The van der Waals surface area contributed by atoms with E-state index < -0.39 is 5.92 Å². The Morgan fingerprint density at radius 2 is 2.04 bits per heavy atom. The van der Waals surface area contributed by atoms with Gasteiger partial charge in [-0.1, -0.05) is 32.0 Å². The quantitative estimate of drug-likeness (QED) is 0.726. The van der Waals surface area contributed by atoms with Crippen molar-refractivity contribution in [2.45, 2.75) is 33.1 Å². The van der Waals surface area contributed by atoms with Crippen LogP contribution in [0, 0.1) is 18.7 Å². The fourth-order valence-corrected chi connectivity index (χ4v) is 3.07. The number of fused-ring (bicyclic) bond motifs is 1. The normalized spacial score (nSPS) is 12.5. The topological polar surface area (TPSA) is 46.4 Å². The van der Waals surface area contributed by atoms with Gasteiger partial charge in [-0.15, -0.1) is 0 Å². The number of pyridine rings is 1. The van der Waals surface area contributed by atoms with E-state index >= 15 is 0 Å². The number of halogens is 1. The van der Waals surface area contributed by atoms with E-state index in [1.54, 1.807) is 24.4 Å². The Balaban J connectivity index is 2.00. The zero-order valence-corrected chi connectivity index (χ0v) is 15.4. The monoisotopic (exact) mass is 353 g/mol. The van der Waals surface area contributed by atoms with Gasteiger partial charge in [-0.3, -0.25) is 4.79 Å². The Morgan fingerprint density at radius 1 is 1.27 bits per heavy atom. The van der Waals surface area contributed by atoms with Crippen LogP contribution < -0.4 is 5.32 Å². The van der Waals surface area contributed by atoms with Crippen molar-refractivity contribution in [3.63, 3.8) is 0 Å². The number of amides is 1. The molecule has 0 aliphatic rings. The third-order valence-electron chi connectivity index (χ3n) is 4.43. The first-order chi connectivity index (χ1) is 12.5. The van der Waals surface area contributed by atoms with Gasteiger partial charge in [0.2, 0.25) is 5.91 Å². The summed E-state index contributed by atoms with van der Waals surface area (Å²) in [5.41, 5.74) is 3.22. The molecular weight excluding hydrogens is 329 g/mol. The third-order valence-corrected chi connectivity index (χ3v) is 4.43. The molecule has 0 bridgehead atoms. The molecule has 3 rings (SSSR count). The summed E-state index contributed by atoms with van der Waals surface area (Å²) >= 11 is 0. The molecule has 26 heavy (non-hydrogen) atoms. The Hall–Kier alpha value is -2.69. The number of rotatable bonds is 6. The highest BCUT2D eigenvalue weighted by Gasteiger charge is 2.24. The molecule has 0 aliphatic heterocycles. The Kier molecular flexibility index (Phi) is 5.35. The predicted octanol–water partition coefficient (Wildman–Crippen LogP) is 4.08. The summed E-state index contributed by atoms with van der Waals surface area (Å²) in [5, 5.41) is 2.93. The number of hydrogen-bond acceptors (Lipinski definition) is 2. The lowest BCUT2D eigenvalue weighted by Gasteiger charge is -2.18. The number of nitrogens with zero attached hydrogens (tertiary/aromatic N) is 2. The lowest BCUT2D eigenvalue weighted by molar-refractivity contribution is -0.121. The summed E-state index contributed by atoms with van der Waals surface area (Å²) in [4.78, 5) is 16.9. The van der Waals surface area contributed by atoms with Gasteiger partial charge in [-0.25, -0.2) is 9.37 Å². The van der Waals surface area contributed by atoms with Crippen molar-refractivity contribution in [3.8, 4) is 0 Å². The highest BCUT2D eigenvalue weighted by atomic mass is 19.1. The van der Waals surface area contributed by atoms with Crippen LogP contribution in [0.15, 0.2) is 48.8 Å². The van der Waals surface area contributed by atoms with Gasteiger partial charge in [-0.2, -0.15) is 0 Å². The summed E-state index contributed by atoms with van der Waals surface area (Å²) in [6.45, 7) is 6.69. The smallest absolute Gasteiger partial charge is 0.221 e. The first kappa shape index (κ1) is 18.1. The summed E-state index contributed by atoms with van der Waals surface area (Å²) in [6, 6.07) is 10.6. The number of nitrogens with one attached hydrogen (secondary N) is 1. The van der Waals surface area contributed by atoms with E-state index in [1.165, 1.54) is 6.07 Å². The number of aryl methyl sites for hydroxylation is 1. The average molecular weight is 353 g/mol. The first-order valence-electron chi connectivity index (χ1n) is 8.90. The maximum Gasteiger partial charge on any atom is 0.221 e. The molecule has 0 radical (unpaired) electrons. The molecule has 1 N–H and O–H groups in total. The van der Waals surface area contributed by atoms with Gasteiger partial charge in [0, 0.05) is 31.3 Å². The SMILES string of the molecule is Cc1ccn2c([C@@H](CC(=O)NCC(C)C)c3ccccc3F)cnc2c1. The second kappa shape index (κ2) is 7.68. The number of aromatic nitrogens is 2. The van der Waals surface area contributed by atoms with Gasteiger partial charge in [0.05, 0.1) is 5.69 Å². The fourth-order valence-electron chi connectivity index (χ4n) is 3.07. The lowest BCUT2D eigenvalue weighted by atomic mass is 9.91. The standard InChI is InChI=1S/C21H24FN3O/c1-14(2)12-24-21(26)11-17(16-6-4-5-7-18(16)22)19-13-23-20-10-15(3)8-9-25(19)20/h4-10,13-14,17H,11-12H2,1-3H3,(H,24,26)/t17-/m0/s1. The van der Waals surface area contributed by atoms with Crippen LogP contribution in [-0.2, 0) is 4.79 Å². The maximum absolute atomic E-state index is 14.5. The molecule has 1 aromatic carbocycles. The van der Waals surface area contributed by atoms with Gasteiger partial charge in [0.1, 0.15) is 11.5 Å². The van der Waals surface area contributed by atoms with E-state index in [4.69, 9.17) is 0 Å². The molecule has 136 valence electrons. The van der Waals surface area contributed by atoms with Gasteiger partial charge in [0.25, 0.3) is 0 Å². The molecule has 0 aliphatic carbocycles. The van der Waals surface area contributed by atoms with Gasteiger partial charge >= 0.3 is 0 Å². The number of imidazole rings is 1. The minimum absolute atomic E-state index is 0.0889. The molecule has 1 atom stereocenters. The summed E-state index contributed by atoms with van der Waals surface area (Å²) in [5.74, 6) is -0.434. The van der Waals surface area contributed by atoms with Crippen LogP contribution in [0.25, 0.3) is 5.65 Å². The van der Waals surface area contributed by atoms with E-state index in [1.807, 2.05) is 43.5 Å². The Labute approximate surface area is 153 Å².